The van der Waals surface area contributed by atoms with E-state index < -0.39 is 0 Å². The maximum absolute atomic E-state index is 12.6. The monoisotopic (exact) mass is 305 g/mol. The molecule has 5 heteroatoms. The van der Waals surface area contributed by atoms with Gasteiger partial charge in [-0.3, -0.25) is 4.79 Å². The number of hydrogen-bond acceptors (Lipinski definition) is 4. The van der Waals surface area contributed by atoms with Gasteiger partial charge in [-0.15, -0.1) is 0 Å². The molecule has 3 rings (SSSR count). The predicted molar refractivity (Wildman–Crippen MR) is 83.4 cm³/mol. The van der Waals surface area contributed by atoms with E-state index in [-0.39, 0.29) is 11.8 Å². The Labute approximate surface area is 132 Å². The van der Waals surface area contributed by atoms with Gasteiger partial charge < -0.3 is 9.42 Å². The summed E-state index contributed by atoms with van der Waals surface area (Å²) in [7, 11) is 0. The van der Waals surface area contributed by atoms with Gasteiger partial charge in [-0.1, -0.05) is 31.8 Å². The molecule has 1 unspecified atom stereocenters. The maximum Gasteiger partial charge on any atom is 0.231 e. The number of carbonyl (C=O) groups excluding carboxylic acids is 1. The van der Waals surface area contributed by atoms with Crippen LogP contribution in [0.15, 0.2) is 4.52 Å². The number of likely N-dealkylation sites (tertiary alicyclic amines) is 1. The highest BCUT2D eigenvalue weighted by atomic mass is 16.5. The number of piperidine rings is 1. The molecule has 1 aromatic heterocycles. The first-order chi connectivity index (χ1) is 10.6. The van der Waals surface area contributed by atoms with Crippen LogP contribution in [0, 0.1) is 11.8 Å². The number of nitrogens with zero attached hydrogens (tertiary/aromatic N) is 3. The van der Waals surface area contributed by atoms with E-state index in [0.29, 0.717) is 11.8 Å². The molecule has 0 spiro atoms. The Balaban J connectivity index is 1.62. The summed E-state index contributed by atoms with van der Waals surface area (Å²) in [6.07, 6.45) is 7.47. The Morgan fingerprint density at radius 1 is 1.27 bits per heavy atom. The Morgan fingerprint density at radius 3 is 2.77 bits per heavy atom. The van der Waals surface area contributed by atoms with Crippen molar-refractivity contribution in [2.75, 3.05) is 13.1 Å². The van der Waals surface area contributed by atoms with Crippen molar-refractivity contribution < 1.29 is 9.32 Å². The van der Waals surface area contributed by atoms with E-state index in [0.717, 1.165) is 56.9 Å². The molecule has 2 fully saturated rings. The summed E-state index contributed by atoms with van der Waals surface area (Å²) in [4.78, 5) is 19.2. The van der Waals surface area contributed by atoms with Crippen molar-refractivity contribution in [2.45, 2.75) is 64.7 Å². The third-order valence-corrected chi connectivity index (χ3v) is 4.86. The van der Waals surface area contributed by atoms with E-state index >= 15 is 0 Å². The molecule has 0 radical (unpaired) electrons. The molecule has 22 heavy (non-hydrogen) atoms. The van der Waals surface area contributed by atoms with Gasteiger partial charge in [0.1, 0.15) is 0 Å². The molecule has 1 atom stereocenters. The van der Waals surface area contributed by atoms with Gasteiger partial charge in [-0.05, 0) is 31.6 Å². The van der Waals surface area contributed by atoms with Crippen LogP contribution < -0.4 is 0 Å². The average molecular weight is 305 g/mol. The molecule has 1 saturated carbocycles. The minimum absolute atomic E-state index is 0.215. The predicted octanol–water partition coefficient (Wildman–Crippen LogP) is 3.16. The lowest BCUT2D eigenvalue weighted by atomic mass is 9.96. The molecule has 2 aliphatic rings. The van der Waals surface area contributed by atoms with Crippen molar-refractivity contribution >= 4 is 5.91 Å². The fourth-order valence-corrected chi connectivity index (χ4v) is 3.69. The maximum atomic E-state index is 12.6. The van der Waals surface area contributed by atoms with Crippen LogP contribution in [0.25, 0.3) is 0 Å². The quantitative estimate of drug-likeness (QED) is 0.857. The van der Waals surface area contributed by atoms with E-state index in [1.807, 2.05) is 4.90 Å². The Hall–Kier alpha value is -1.39. The SMILES string of the molecule is CC(C)Cc1noc(C2CCCN(C(=O)C3CCCC3)C2)n1. The molecule has 122 valence electrons. The van der Waals surface area contributed by atoms with E-state index in [9.17, 15) is 4.79 Å². The molecule has 1 aliphatic heterocycles. The van der Waals surface area contributed by atoms with E-state index in [1.165, 1.54) is 12.8 Å². The van der Waals surface area contributed by atoms with E-state index in [4.69, 9.17) is 4.52 Å². The van der Waals surface area contributed by atoms with Crippen molar-refractivity contribution in [3.8, 4) is 0 Å². The number of aromatic nitrogens is 2. The van der Waals surface area contributed by atoms with Crippen LogP contribution in [0.4, 0.5) is 0 Å². The van der Waals surface area contributed by atoms with Crippen LogP contribution in [-0.2, 0) is 11.2 Å². The first-order valence-electron chi connectivity index (χ1n) is 8.74. The van der Waals surface area contributed by atoms with Gasteiger partial charge in [0.2, 0.25) is 11.8 Å². The van der Waals surface area contributed by atoms with Crippen molar-refractivity contribution in [1.82, 2.24) is 15.0 Å². The number of rotatable bonds is 4. The van der Waals surface area contributed by atoms with Crippen LogP contribution in [0.1, 0.15) is 70.0 Å². The molecule has 1 aromatic rings. The highest BCUT2D eigenvalue weighted by Gasteiger charge is 2.32. The smallest absolute Gasteiger partial charge is 0.231 e. The molecular formula is C17H27N3O2. The fraction of sp³-hybridized carbons (Fsp3) is 0.824. The van der Waals surface area contributed by atoms with Crippen LogP contribution in [0.3, 0.4) is 0 Å². The van der Waals surface area contributed by atoms with Crippen molar-refractivity contribution in [2.24, 2.45) is 11.8 Å². The van der Waals surface area contributed by atoms with Gasteiger partial charge in [0, 0.05) is 25.4 Å². The molecule has 0 aromatic carbocycles. The normalized spacial score (nSPS) is 23.4. The highest BCUT2D eigenvalue weighted by Crippen LogP contribution is 2.31. The second kappa shape index (κ2) is 6.80. The third-order valence-electron chi connectivity index (χ3n) is 4.86. The summed E-state index contributed by atoms with van der Waals surface area (Å²) in [5.41, 5.74) is 0. The zero-order valence-corrected chi connectivity index (χ0v) is 13.8. The minimum atomic E-state index is 0.215. The molecular weight excluding hydrogens is 278 g/mol. The van der Waals surface area contributed by atoms with Crippen LogP contribution >= 0.6 is 0 Å². The minimum Gasteiger partial charge on any atom is -0.342 e. The van der Waals surface area contributed by atoms with Gasteiger partial charge >= 0.3 is 0 Å². The Morgan fingerprint density at radius 2 is 2.05 bits per heavy atom. The number of amides is 1. The lowest BCUT2D eigenvalue weighted by Gasteiger charge is -2.32. The van der Waals surface area contributed by atoms with Gasteiger partial charge in [0.25, 0.3) is 0 Å². The zero-order chi connectivity index (χ0) is 15.5. The lowest BCUT2D eigenvalue weighted by molar-refractivity contribution is -0.136. The Bertz CT molecular complexity index is 506. The number of carbonyl (C=O) groups is 1. The molecule has 5 nitrogen and oxygen atoms in total. The molecule has 0 N–H and O–H groups in total. The molecule has 1 amide bonds. The molecule has 2 heterocycles. The summed E-state index contributed by atoms with van der Waals surface area (Å²) in [6.45, 7) is 5.94. The second-order valence-corrected chi connectivity index (χ2v) is 7.25. The van der Waals surface area contributed by atoms with Gasteiger partial charge in [-0.2, -0.15) is 4.98 Å². The van der Waals surface area contributed by atoms with Crippen LogP contribution in [0.2, 0.25) is 0 Å². The number of hydrogen-bond donors (Lipinski definition) is 0. The van der Waals surface area contributed by atoms with Gasteiger partial charge in [0.05, 0.1) is 5.92 Å². The highest BCUT2D eigenvalue weighted by molar-refractivity contribution is 5.79. The van der Waals surface area contributed by atoms with Crippen LogP contribution in [-0.4, -0.2) is 34.0 Å². The standard InChI is InChI=1S/C17H27N3O2/c1-12(2)10-15-18-16(22-19-15)14-8-5-9-20(11-14)17(21)13-6-3-4-7-13/h12-14H,3-11H2,1-2H3. The third kappa shape index (κ3) is 3.50. The summed E-state index contributed by atoms with van der Waals surface area (Å²) < 4.78 is 5.46. The summed E-state index contributed by atoms with van der Waals surface area (Å²) in [6, 6.07) is 0. The summed E-state index contributed by atoms with van der Waals surface area (Å²) >= 11 is 0. The van der Waals surface area contributed by atoms with E-state index in [2.05, 4.69) is 24.0 Å². The van der Waals surface area contributed by atoms with Crippen molar-refractivity contribution in [3.05, 3.63) is 11.7 Å². The average Bonchev–Trinajstić information content (AvgIpc) is 3.17. The largest absolute Gasteiger partial charge is 0.342 e. The first kappa shape index (κ1) is 15.5. The summed E-state index contributed by atoms with van der Waals surface area (Å²) in [5, 5.41) is 4.09. The first-order valence-corrected chi connectivity index (χ1v) is 8.74. The molecule has 1 saturated heterocycles. The molecule has 0 bridgehead atoms. The summed E-state index contributed by atoms with van der Waals surface area (Å²) in [5.74, 6) is 2.87. The fourth-order valence-electron chi connectivity index (χ4n) is 3.69. The topological polar surface area (TPSA) is 59.2 Å². The Kier molecular flexibility index (Phi) is 4.79. The van der Waals surface area contributed by atoms with Gasteiger partial charge in [0.15, 0.2) is 5.82 Å². The van der Waals surface area contributed by atoms with Crippen molar-refractivity contribution in [1.29, 1.82) is 0 Å². The van der Waals surface area contributed by atoms with Gasteiger partial charge in [-0.25, -0.2) is 0 Å². The molecule has 1 aliphatic carbocycles. The lowest BCUT2D eigenvalue weighted by Crippen LogP contribution is -2.41. The van der Waals surface area contributed by atoms with Crippen LogP contribution in [0.5, 0.6) is 0 Å². The van der Waals surface area contributed by atoms with E-state index in [1.54, 1.807) is 0 Å². The van der Waals surface area contributed by atoms with Crippen molar-refractivity contribution in [3.63, 3.8) is 0 Å². The zero-order valence-electron chi connectivity index (χ0n) is 13.8. The second-order valence-electron chi connectivity index (χ2n) is 7.25.